The molecule has 0 spiro atoms. The highest BCUT2D eigenvalue weighted by Gasteiger charge is 2.37. The molecule has 1 saturated heterocycles. The van der Waals surface area contributed by atoms with Crippen molar-refractivity contribution in [3.63, 3.8) is 0 Å². The number of likely N-dealkylation sites (tertiary alicyclic amines) is 1. The van der Waals surface area contributed by atoms with Gasteiger partial charge in [-0.3, -0.25) is 9.62 Å². The first-order chi connectivity index (χ1) is 11.9. The molecule has 0 amide bonds. The van der Waals surface area contributed by atoms with Crippen molar-refractivity contribution < 1.29 is 17.5 Å². The Kier molecular flexibility index (Phi) is 5.07. The molecule has 2 N–H and O–H groups in total. The van der Waals surface area contributed by atoms with E-state index in [1.165, 1.54) is 6.20 Å². The van der Waals surface area contributed by atoms with Crippen LogP contribution in [-0.2, 0) is 14.8 Å². The van der Waals surface area contributed by atoms with E-state index in [9.17, 15) is 12.8 Å². The highest BCUT2D eigenvalue weighted by atomic mass is 32.2. The van der Waals surface area contributed by atoms with Gasteiger partial charge in [0.05, 0.1) is 18.4 Å². The maximum absolute atomic E-state index is 14.2. The summed E-state index contributed by atoms with van der Waals surface area (Å²) in [7, 11) is -1.91. The quantitative estimate of drug-likeness (QED) is 0.775. The molecule has 1 aliphatic heterocycles. The number of benzene rings is 1. The topological polar surface area (TPSA) is 87.3 Å². The van der Waals surface area contributed by atoms with Gasteiger partial charge in [-0.2, -0.15) is 0 Å². The lowest BCUT2D eigenvalue weighted by molar-refractivity contribution is 0.113. The third kappa shape index (κ3) is 3.83. The smallest absolute Gasteiger partial charge is 0.239 e. The molecular weight excluding hydrogens is 347 g/mol. The SMILES string of the molecule is COCCN1CC(S(=O)(=O)Nc2cnc(-c3cccc(C)c3F)[nH]2)C1. The molecule has 0 aliphatic carbocycles. The van der Waals surface area contributed by atoms with Gasteiger partial charge in [0.25, 0.3) is 0 Å². The summed E-state index contributed by atoms with van der Waals surface area (Å²) in [5.74, 6) is 0.138. The van der Waals surface area contributed by atoms with Crippen LogP contribution in [0.1, 0.15) is 5.56 Å². The molecule has 2 heterocycles. The van der Waals surface area contributed by atoms with Gasteiger partial charge in [-0.1, -0.05) is 12.1 Å². The number of H-pyrrole nitrogens is 1. The summed E-state index contributed by atoms with van der Waals surface area (Å²) >= 11 is 0. The summed E-state index contributed by atoms with van der Waals surface area (Å²) in [6.07, 6.45) is 1.36. The van der Waals surface area contributed by atoms with Gasteiger partial charge in [0.1, 0.15) is 22.7 Å². The number of halogens is 1. The van der Waals surface area contributed by atoms with E-state index in [0.717, 1.165) is 0 Å². The summed E-state index contributed by atoms with van der Waals surface area (Å²) in [6.45, 7) is 3.88. The molecule has 0 saturated carbocycles. The first-order valence-corrected chi connectivity index (χ1v) is 9.49. The largest absolute Gasteiger partial charge is 0.383 e. The van der Waals surface area contributed by atoms with E-state index in [2.05, 4.69) is 14.7 Å². The van der Waals surface area contributed by atoms with Crippen LogP contribution in [0.2, 0.25) is 0 Å². The molecule has 136 valence electrons. The first-order valence-electron chi connectivity index (χ1n) is 7.94. The summed E-state index contributed by atoms with van der Waals surface area (Å²) in [6, 6.07) is 4.99. The van der Waals surface area contributed by atoms with Gasteiger partial charge in [-0.15, -0.1) is 0 Å². The second kappa shape index (κ2) is 7.11. The number of imidazole rings is 1. The number of ether oxygens (including phenoxy) is 1. The predicted octanol–water partition coefficient (Wildman–Crippen LogP) is 1.60. The van der Waals surface area contributed by atoms with E-state index in [1.807, 2.05) is 4.90 Å². The average molecular weight is 368 g/mol. The minimum atomic E-state index is -3.52. The Morgan fingerprint density at radius 3 is 2.92 bits per heavy atom. The number of aromatic amines is 1. The molecule has 1 aromatic carbocycles. The average Bonchev–Trinajstić information content (AvgIpc) is 2.95. The molecule has 0 bridgehead atoms. The molecule has 25 heavy (non-hydrogen) atoms. The zero-order chi connectivity index (χ0) is 18.0. The van der Waals surface area contributed by atoms with Crippen molar-refractivity contribution in [1.29, 1.82) is 0 Å². The van der Waals surface area contributed by atoms with Gasteiger partial charge >= 0.3 is 0 Å². The van der Waals surface area contributed by atoms with Gasteiger partial charge in [0.15, 0.2) is 0 Å². The van der Waals surface area contributed by atoms with Crippen molar-refractivity contribution in [3.05, 3.63) is 35.8 Å². The number of methoxy groups -OCH3 is 1. The van der Waals surface area contributed by atoms with Crippen LogP contribution in [0.3, 0.4) is 0 Å². The van der Waals surface area contributed by atoms with Crippen LogP contribution < -0.4 is 4.72 Å². The molecule has 0 radical (unpaired) electrons. The van der Waals surface area contributed by atoms with E-state index in [0.29, 0.717) is 37.4 Å². The molecule has 0 atom stereocenters. The molecular formula is C16H21FN4O3S. The highest BCUT2D eigenvalue weighted by Crippen LogP contribution is 2.24. The second-order valence-corrected chi connectivity index (χ2v) is 8.06. The first kappa shape index (κ1) is 17.8. The maximum Gasteiger partial charge on any atom is 0.239 e. The van der Waals surface area contributed by atoms with Crippen molar-refractivity contribution in [2.75, 3.05) is 38.1 Å². The van der Waals surface area contributed by atoms with Crippen LogP contribution in [0.5, 0.6) is 0 Å². The lowest BCUT2D eigenvalue weighted by Crippen LogP contribution is -2.56. The summed E-state index contributed by atoms with van der Waals surface area (Å²) in [5.41, 5.74) is 0.807. The number of sulfonamides is 1. The Hall–Kier alpha value is -1.97. The van der Waals surface area contributed by atoms with Crippen molar-refractivity contribution in [3.8, 4) is 11.4 Å². The third-order valence-electron chi connectivity index (χ3n) is 4.25. The standard InChI is InChI=1S/C16H21FN4O3S/c1-11-4-3-5-13(15(11)17)16-18-8-14(19-16)20-25(22,23)12-9-21(10-12)6-7-24-2/h3-5,8,12,20H,6-7,9-10H2,1-2H3,(H,18,19). The van der Waals surface area contributed by atoms with Gasteiger partial charge in [0, 0.05) is 26.7 Å². The second-order valence-electron chi connectivity index (χ2n) is 6.10. The summed E-state index contributed by atoms with van der Waals surface area (Å²) in [4.78, 5) is 8.92. The van der Waals surface area contributed by atoms with Crippen LogP contribution >= 0.6 is 0 Å². The van der Waals surface area contributed by atoms with Gasteiger partial charge in [0.2, 0.25) is 10.0 Å². The van der Waals surface area contributed by atoms with Crippen LogP contribution in [0.4, 0.5) is 10.2 Å². The zero-order valence-corrected chi connectivity index (χ0v) is 14.9. The third-order valence-corrected chi connectivity index (χ3v) is 5.93. The van der Waals surface area contributed by atoms with E-state index < -0.39 is 15.3 Å². The normalized spacial score (nSPS) is 16.0. The molecule has 1 aromatic heterocycles. The molecule has 3 rings (SSSR count). The van der Waals surface area contributed by atoms with Gasteiger partial charge in [-0.25, -0.2) is 17.8 Å². The monoisotopic (exact) mass is 368 g/mol. The fourth-order valence-corrected chi connectivity index (χ4v) is 4.09. The predicted molar refractivity (Wildman–Crippen MR) is 93.4 cm³/mol. The minimum Gasteiger partial charge on any atom is -0.383 e. The number of aryl methyl sites for hydroxylation is 1. The Balaban J connectivity index is 1.66. The Labute approximate surface area is 146 Å². The van der Waals surface area contributed by atoms with Crippen LogP contribution in [-0.4, -0.2) is 61.9 Å². The number of nitrogens with one attached hydrogen (secondary N) is 2. The summed E-state index contributed by atoms with van der Waals surface area (Å²) < 4.78 is 46.4. The fraction of sp³-hybridized carbons (Fsp3) is 0.438. The lowest BCUT2D eigenvalue weighted by Gasteiger charge is -2.38. The number of hydrogen-bond donors (Lipinski definition) is 2. The van der Waals surface area contributed by atoms with E-state index in [-0.39, 0.29) is 17.5 Å². The molecule has 1 aliphatic rings. The van der Waals surface area contributed by atoms with Crippen molar-refractivity contribution in [2.45, 2.75) is 12.2 Å². The van der Waals surface area contributed by atoms with Crippen molar-refractivity contribution in [2.24, 2.45) is 0 Å². The molecule has 9 heteroatoms. The van der Waals surface area contributed by atoms with Crippen molar-refractivity contribution in [1.82, 2.24) is 14.9 Å². The van der Waals surface area contributed by atoms with Crippen molar-refractivity contribution >= 4 is 15.8 Å². The summed E-state index contributed by atoms with van der Waals surface area (Å²) in [5, 5.41) is -0.480. The lowest BCUT2D eigenvalue weighted by atomic mass is 10.1. The van der Waals surface area contributed by atoms with Gasteiger partial charge < -0.3 is 9.72 Å². The van der Waals surface area contributed by atoms with Crippen LogP contribution in [0.25, 0.3) is 11.4 Å². The van der Waals surface area contributed by atoms with Crippen LogP contribution in [0, 0.1) is 12.7 Å². The molecule has 0 unspecified atom stereocenters. The minimum absolute atomic E-state index is 0.228. The number of anilines is 1. The molecule has 2 aromatic rings. The highest BCUT2D eigenvalue weighted by molar-refractivity contribution is 7.93. The van der Waals surface area contributed by atoms with E-state index >= 15 is 0 Å². The fourth-order valence-electron chi connectivity index (χ4n) is 2.70. The Bertz CT molecular complexity index is 847. The number of rotatable bonds is 7. The number of aromatic nitrogens is 2. The van der Waals surface area contributed by atoms with Gasteiger partial charge in [-0.05, 0) is 18.6 Å². The van der Waals surface area contributed by atoms with E-state index in [1.54, 1.807) is 32.2 Å². The Morgan fingerprint density at radius 2 is 2.20 bits per heavy atom. The van der Waals surface area contributed by atoms with Crippen LogP contribution in [0.15, 0.2) is 24.4 Å². The van der Waals surface area contributed by atoms with E-state index in [4.69, 9.17) is 4.74 Å². The Morgan fingerprint density at radius 1 is 1.44 bits per heavy atom. The molecule has 1 fully saturated rings. The number of hydrogen-bond acceptors (Lipinski definition) is 5. The molecule has 7 nitrogen and oxygen atoms in total. The number of nitrogens with zero attached hydrogens (tertiary/aromatic N) is 2. The maximum atomic E-state index is 14.2. The zero-order valence-electron chi connectivity index (χ0n) is 14.1.